The lowest BCUT2D eigenvalue weighted by atomic mass is 10.0. The fourth-order valence-electron chi connectivity index (χ4n) is 6.75. The van der Waals surface area contributed by atoms with Crippen LogP contribution < -0.4 is 9.47 Å². The third-order valence-corrected chi connectivity index (χ3v) is 9.93. The van der Waals surface area contributed by atoms with E-state index in [0.29, 0.717) is 24.7 Å². The number of carbonyl (C=O) groups excluding carboxylic acids is 3. The average Bonchev–Trinajstić information content (AvgIpc) is 3.15. The van der Waals surface area contributed by atoms with Gasteiger partial charge in [-0.1, -0.05) is 181 Å². The van der Waals surface area contributed by atoms with Crippen molar-refractivity contribution in [1.82, 2.24) is 0 Å². The molecule has 0 aliphatic heterocycles. The number of ether oxygens (including phenoxy) is 5. The number of rotatable bonds is 38. The maximum Gasteiger partial charge on any atom is 0.344 e. The molecule has 0 saturated heterocycles. The minimum atomic E-state index is -0.844. The van der Waals surface area contributed by atoms with Crippen LogP contribution in [0.2, 0.25) is 0 Å². The summed E-state index contributed by atoms with van der Waals surface area (Å²) in [6.45, 7) is 10.4. The monoisotopic (exact) mass is 789 g/mol. The van der Waals surface area contributed by atoms with Gasteiger partial charge in [-0.05, 0) is 51.3 Å². The summed E-state index contributed by atoms with van der Waals surface area (Å²) in [7, 11) is 0. The van der Waals surface area contributed by atoms with Crippen LogP contribution in [-0.2, 0) is 35.2 Å². The molecule has 8 nitrogen and oxygen atoms in total. The molecule has 0 aromatic heterocycles. The van der Waals surface area contributed by atoms with E-state index < -0.39 is 36.5 Å². The van der Waals surface area contributed by atoms with Crippen LogP contribution in [0.1, 0.15) is 226 Å². The van der Waals surface area contributed by atoms with Gasteiger partial charge in [0.2, 0.25) is 0 Å². The van der Waals surface area contributed by atoms with Gasteiger partial charge in [0.05, 0.1) is 13.2 Å². The molecule has 0 unspecified atom stereocenters. The van der Waals surface area contributed by atoms with E-state index in [1.54, 1.807) is 20.8 Å². The van der Waals surface area contributed by atoms with Crippen LogP contribution in [0.15, 0.2) is 18.2 Å². The zero-order valence-corrected chi connectivity index (χ0v) is 36.8. The van der Waals surface area contributed by atoms with Crippen LogP contribution in [0.4, 0.5) is 0 Å². The molecule has 0 spiro atoms. The highest BCUT2D eigenvalue weighted by Crippen LogP contribution is 2.25. The zero-order chi connectivity index (χ0) is 41.0. The first-order valence-electron chi connectivity index (χ1n) is 23.1. The van der Waals surface area contributed by atoms with Gasteiger partial charge in [0.25, 0.3) is 0 Å². The van der Waals surface area contributed by atoms with E-state index >= 15 is 0 Å². The van der Waals surface area contributed by atoms with Gasteiger partial charge in [0.15, 0.2) is 6.61 Å². The number of benzene rings is 1. The van der Waals surface area contributed by atoms with Crippen LogP contribution >= 0.6 is 0 Å². The van der Waals surface area contributed by atoms with E-state index in [2.05, 4.69) is 13.8 Å². The van der Waals surface area contributed by atoms with Crippen LogP contribution in [0.3, 0.4) is 0 Å². The predicted octanol–water partition coefficient (Wildman–Crippen LogP) is 13.7. The van der Waals surface area contributed by atoms with Crippen LogP contribution in [-0.4, -0.2) is 43.3 Å². The quantitative estimate of drug-likeness (QED) is 0.0283. The summed E-state index contributed by atoms with van der Waals surface area (Å²) in [5, 5.41) is 0. The summed E-state index contributed by atoms with van der Waals surface area (Å²) >= 11 is 0. The number of hydrogen-bond donors (Lipinski definition) is 0. The van der Waals surface area contributed by atoms with E-state index in [0.717, 1.165) is 31.2 Å². The van der Waals surface area contributed by atoms with Crippen molar-refractivity contribution in [1.29, 1.82) is 0 Å². The van der Waals surface area contributed by atoms with Crippen molar-refractivity contribution in [3.8, 4) is 11.5 Å². The standard InChI is InChI=1S/C48H84O8/c1-6-8-10-12-14-16-18-20-22-24-26-28-30-32-34-52-43-36-42(40-54-45(49)39-46(50)55-41-47(51)56-48(3,4)5)37-44(38-43)53-35-33-31-29-27-25-23-21-19-17-15-13-11-9-7-2/h36-38H,6-35,39-41H2,1-5H3. The van der Waals surface area contributed by atoms with E-state index in [4.69, 9.17) is 23.7 Å². The molecule has 1 aromatic rings. The number of unbranched alkanes of at least 4 members (excludes halogenated alkanes) is 26. The van der Waals surface area contributed by atoms with Crippen LogP contribution in [0.5, 0.6) is 11.5 Å². The second-order valence-corrected chi connectivity index (χ2v) is 16.8. The Morgan fingerprint density at radius 3 is 1.14 bits per heavy atom. The van der Waals surface area contributed by atoms with Crippen LogP contribution in [0, 0.1) is 0 Å². The van der Waals surface area contributed by atoms with Gasteiger partial charge in [-0.3, -0.25) is 9.59 Å². The maximum atomic E-state index is 12.4. The van der Waals surface area contributed by atoms with Gasteiger partial charge < -0.3 is 23.7 Å². The van der Waals surface area contributed by atoms with Crippen molar-refractivity contribution in [3.05, 3.63) is 23.8 Å². The second-order valence-electron chi connectivity index (χ2n) is 16.8. The van der Waals surface area contributed by atoms with E-state index in [9.17, 15) is 14.4 Å². The van der Waals surface area contributed by atoms with Gasteiger partial charge in [0, 0.05) is 6.07 Å². The molecule has 0 aliphatic carbocycles. The molecule has 0 aliphatic rings. The second kappa shape index (κ2) is 35.4. The summed E-state index contributed by atoms with van der Waals surface area (Å²) in [5.74, 6) is -0.894. The Morgan fingerprint density at radius 1 is 0.446 bits per heavy atom. The van der Waals surface area contributed by atoms with Crippen LogP contribution in [0.25, 0.3) is 0 Å². The summed E-state index contributed by atoms with van der Waals surface area (Å²) in [4.78, 5) is 36.4. The van der Waals surface area contributed by atoms with Crippen molar-refractivity contribution in [2.45, 2.75) is 233 Å². The van der Waals surface area contributed by atoms with Crippen molar-refractivity contribution in [3.63, 3.8) is 0 Å². The lowest BCUT2D eigenvalue weighted by Gasteiger charge is -2.19. The minimum absolute atomic E-state index is 0.0382. The molecule has 0 fully saturated rings. The molecule has 1 aromatic carbocycles. The molecule has 0 saturated carbocycles. The van der Waals surface area contributed by atoms with Crippen molar-refractivity contribution >= 4 is 17.9 Å². The van der Waals surface area contributed by atoms with Gasteiger partial charge in [-0.15, -0.1) is 0 Å². The van der Waals surface area contributed by atoms with E-state index in [1.165, 1.54) is 154 Å². The first-order valence-corrected chi connectivity index (χ1v) is 23.1. The Labute approximate surface area is 343 Å². The lowest BCUT2D eigenvalue weighted by molar-refractivity contribution is -0.168. The molecule has 324 valence electrons. The fraction of sp³-hybridized carbons (Fsp3) is 0.812. The molecule has 0 heterocycles. The van der Waals surface area contributed by atoms with Gasteiger partial charge in [-0.25, -0.2) is 4.79 Å². The minimum Gasteiger partial charge on any atom is -0.493 e. The Balaban J connectivity index is 2.44. The highest BCUT2D eigenvalue weighted by Gasteiger charge is 2.19. The Bertz CT molecular complexity index is 1060. The SMILES string of the molecule is CCCCCCCCCCCCCCCCOc1cc(COC(=O)CC(=O)OCC(=O)OC(C)(C)C)cc(OCCCCCCCCCCCCCCCC)c1. The van der Waals surface area contributed by atoms with E-state index in [-0.39, 0.29) is 6.61 Å². The van der Waals surface area contributed by atoms with Gasteiger partial charge >= 0.3 is 17.9 Å². The first-order chi connectivity index (χ1) is 27.1. The number of esters is 3. The normalized spacial score (nSPS) is 11.4. The molecule has 0 radical (unpaired) electrons. The number of carbonyl (C=O) groups is 3. The Kier molecular flexibility index (Phi) is 32.4. The average molecular weight is 789 g/mol. The Hall–Kier alpha value is -2.77. The summed E-state index contributed by atoms with van der Waals surface area (Å²) in [6, 6.07) is 5.63. The molecular formula is C48H84O8. The highest BCUT2D eigenvalue weighted by atomic mass is 16.6. The van der Waals surface area contributed by atoms with Crippen molar-refractivity contribution < 1.29 is 38.1 Å². The third-order valence-electron chi connectivity index (χ3n) is 9.93. The molecule has 0 atom stereocenters. The molecule has 0 bridgehead atoms. The summed E-state index contributed by atoms with van der Waals surface area (Å²) < 4.78 is 27.7. The third kappa shape index (κ3) is 33.4. The molecule has 56 heavy (non-hydrogen) atoms. The molecule has 0 amide bonds. The topological polar surface area (TPSA) is 97.4 Å². The molecule has 0 N–H and O–H groups in total. The van der Waals surface area contributed by atoms with Gasteiger partial charge in [0.1, 0.15) is 30.1 Å². The fourth-order valence-corrected chi connectivity index (χ4v) is 6.75. The largest absolute Gasteiger partial charge is 0.493 e. The zero-order valence-electron chi connectivity index (χ0n) is 36.8. The lowest BCUT2D eigenvalue weighted by Crippen LogP contribution is -2.27. The maximum absolute atomic E-state index is 12.4. The summed E-state index contributed by atoms with van der Waals surface area (Å²) in [6.07, 6.45) is 36.1. The van der Waals surface area contributed by atoms with Gasteiger partial charge in [-0.2, -0.15) is 0 Å². The Morgan fingerprint density at radius 2 is 0.786 bits per heavy atom. The van der Waals surface area contributed by atoms with Crippen molar-refractivity contribution in [2.75, 3.05) is 19.8 Å². The molecule has 8 heteroatoms. The molecule has 1 rings (SSSR count). The predicted molar refractivity (Wildman–Crippen MR) is 229 cm³/mol. The number of hydrogen-bond acceptors (Lipinski definition) is 8. The molecular weight excluding hydrogens is 705 g/mol. The first kappa shape index (κ1) is 51.2. The highest BCUT2D eigenvalue weighted by molar-refractivity contribution is 5.92. The van der Waals surface area contributed by atoms with E-state index in [1.807, 2.05) is 18.2 Å². The summed E-state index contributed by atoms with van der Waals surface area (Å²) in [5.41, 5.74) is 0.0246. The van der Waals surface area contributed by atoms with Crippen molar-refractivity contribution in [2.24, 2.45) is 0 Å². The smallest absolute Gasteiger partial charge is 0.344 e.